The second-order valence-corrected chi connectivity index (χ2v) is 5.18. The molecule has 19 heavy (non-hydrogen) atoms. The van der Waals surface area contributed by atoms with Gasteiger partial charge in [0.15, 0.2) is 0 Å². The molecular weight excluding hydrogens is 304 g/mol. The largest absolute Gasteiger partial charge is 0.387 e. The highest BCUT2D eigenvalue weighted by molar-refractivity contribution is 9.10. The van der Waals surface area contributed by atoms with E-state index in [0.717, 1.165) is 21.4 Å². The molecule has 0 saturated heterocycles. The Kier molecular flexibility index (Phi) is 4.22. The zero-order valence-electron chi connectivity index (χ0n) is 10.8. The fourth-order valence-electron chi connectivity index (χ4n) is 1.83. The van der Waals surface area contributed by atoms with Crippen molar-refractivity contribution < 1.29 is 4.79 Å². The van der Waals surface area contributed by atoms with E-state index in [1.54, 1.807) is 7.05 Å². The Hall–Kier alpha value is -1.81. The van der Waals surface area contributed by atoms with Gasteiger partial charge in [-0.1, -0.05) is 33.6 Å². The highest BCUT2D eigenvalue weighted by Crippen LogP contribution is 2.20. The topological polar surface area (TPSA) is 41.1 Å². The first-order valence-electron chi connectivity index (χ1n) is 5.95. The number of aryl methyl sites for hydroxylation is 1. The van der Waals surface area contributed by atoms with E-state index in [9.17, 15) is 4.79 Å². The smallest absolute Gasteiger partial charge is 0.257 e. The summed E-state index contributed by atoms with van der Waals surface area (Å²) in [6.45, 7) is 1.97. The minimum atomic E-state index is -0.119. The number of anilines is 2. The van der Waals surface area contributed by atoms with Crippen LogP contribution in [0.15, 0.2) is 46.9 Å². The van der Waals surface area contributed by atoms with Crippen molar-refractivity contribution in [3.05, 3.63) is 58.1 Å². The van der Waals surface area contributed by atoms with Crippen molar-refractivity contribution in [3.8, 4) is 0 Å². The van der Waals surface area contributed by atoms with Crippen molar-refractivity contribution in [1.29, 1.82) is 0 Å². The summed E-state index contributed by atoms with van der Waals surface area (Å²) in [5.41, 5.74) is 3.28. The lowest BCUT2D eigenvalue weighted by molar-refractivity contribution is 0.102. The summed E-state index contributed by atoms with van der Waals surface area (Å²) in [6, 6.07) is 13.3. The molecule has 0 heterocycles. The summed E-state index contributed by atoms with van der Waals surface area (Å²) in [4.78, 5) is 12.3. The van der Waals surface area contributed by atoms with Crippen LogP contribution < -0.4 is 10.6 Å². The normalized spacial score (nSPS) is 10.1. The van der Waals surface area contributed by atoms with Gasteiger partial charge < -0.3 is 10.6 Å². The lowest BCUT2D eigenvalue weighted by Gasteiger charge is -2.11. The van der Waals surface area contributed by atoms with Crippen LogP contribution in [0.2, 0.25) is 0 Å². The molecule has 0 aliphatic heterocycles. The van der Waals surface area contributed by atoms with Crippen LogP contribution in [0.4, 0.5) is 11.4 Å². The van der Waals surface area contributed by atoms with E-state index in [1.807, 2.05) is 49.4 Å². The van der Waals surface area contributed by atoms with Gasteiger partial charge in [0.1, 0.15) is 0 Å². The summed E-state index contributed by atoms with van der Waals surface area (Å²) in [5.74, 6) is -0.119. The van der Waals surface area contributed by atoms with E-state index in [-0.39, 0.29) is 5.91 Å². The first-order valence-corrected chi connectivity index (χ1v) is 6.75. The van der Waals surface area contributed by atoms with Gasteiger partial charge in [-0.3, -0.25) is 4.79 Å². The van der Waals surface area contributed by atoms with Crippen LogP contribution in [0.3, 0.4) is 0 Å². The number of benzene rings is 2. The van der Waals surface area contributed by atoms with Crippen LogP contribution in [0.5, 0.6) is 0 Å². The molecule has 0 saturated carbocycles. The maximum Gasteiger partial charge on any atom is 0.257 e. The lowest BCUT2D eigenvalue weighted by atomic mass is 10.1. The minimum absolute atomic E-state index is 0.119. The molecule has 2 aromatic rings. The highest BCUT2D eigenvalue weighted by Gasteiger charge is 2.11. The van der Waals surface area contributed by atoms with Crippen LogP contribution in [-0.2, 0) is 0 Å². The number of nitrogens with one attached hydrogen (secondary N) is 2. The number of hydrogen-bond donors (Lipinski definition) is 2. The molecule has 98 valence electrons. The third-order valence-electron chi connectivity index (χ3n) is 2.77. The molecular formula is C15H15BrN2O. The maximum atomic E-state index is 12.3. The Morgan fingerprint density at radius 3 is 2.63 bits per heavy atom. The summed E-state index contributed by atoms with van der Waals surface area (Å²) < 4.78 is 0.934. The van der Waals surface area contributed by atoms with Gasteiger partial charge in [0.2, 0.25) is 0 Å². The van der Waals surface area contributed by atoms with Crippen molar-refractivity contribution in [2.24, 2.45) is 0 Å². The van der Waals surface area contributed by atoms with Gasteiger partial charge in [-0.2, -0.15) is 0 Å². The number of hydrogen-bond acceptors (Lipinski definition) is 2. The van der Waals surface area contributed by atoms with Gasteiger partial charge in [0.25, 0.3) is 5.91 Å². The second kappa shape index (κ2) is 5.89. The Labute approximate surface area is 121 Å². The van der Waals surface area contributed by atoms with Crippen molar-refractivity contribution in [1.82, 2.24) is 0 Å². The van der Waals surface area contributed by atoms with E-state index in [1.165, 1.54) is 0 Å². The Bertz CT molecular complexity index is 611. The zero-order valence-corrected chi connectivity index (χ0v) is 12.4. The van der Waals surface area contributed by atoms with Crippen LogP contribution >= 0.6 is 15.9 Å². The molecule has 0 aromatic heterocycles. The van der Waals surface area contributed by atoms with Crippen molar-refractivity contribution in [2.75, 3.05) is 17.7 Å². The minimum Gasteiger partial charge on any atom is -0.387 e. The van der Waals surface area contributed by atoms with Gasteiger partial charge in [-0.05, 0) is 37.3 Å². The average molecular weight is 319 g/mol. The fraction of sp³-hybridized carbons (Fsp3) is 0.133. The molecule has 3 nitrogen and oxygen atoms in total. The molecule has 0 aliphatic rings. The molecule has 4 heteroatoms. The van der Waals surface area contributed by atoms with Crippen LogP contribution in [-0.4, -0.2) is 13.0 Å². The highest BCUT2D eigenvalue weighted by atomic mass is 79.9. The van der Waals surface area contributed by atoms with Gasteiger partial charge in [-0.15, -0.1) is 0 Å². The number of amides is 1. The van der Waals surface area contributed by atoms with E-state index < -0.39 is 0 Å². The molecule has 0 radical (unpaired) electrons. The number of carbonyl (C=O) groups excluding carboxylic acids is 1. The molecule has 0 spiro atoms. The fourth-order valence-corrected chi connectivity index (χ4v) is 2.23. The summed E-state index contributed by atoms with van der Waals surface area (Å²) in [6.07, 6.45) is 0. The van der Waals surface area contributed by atoms with E-state index in [4.69, 9.17) is 0 Å². The van der Waals surface area contributed by atoms with Crippen LogP contribution in [0.25, 0.3) is 0 Å². The van der Waals surface area contributed by atoms with E-state index in [2.05, 4.69) is 26.6 Å². The SMILES string of the molecule is CNc1ccc(C)cc1C(=O)Nc1cccc(Br)c1. The quantitative estimate of drug-likeness (QED) is 0.896. The Morgan fingerprint density at radius 2 is 1.95 bits per heavy atom. The van der Waals surface area contributed by atoms with Crippen molar-refractivity contribution in [3.63, 3.8) is 0 Å². The molecule has 0 unspecified atom stereocenters. The van der Waals surface area contributed by atoms with E-state index in [0.29, 0.717) is 5.56 Å². The summed E-state index contributed by atoms with van der Waals surface area (Å²) >= 11 is 3.38. The first kappa shape index (κ1) is 13.6. The van der Waals surface area contributed by atoms with Crippen molar-refractivity contribution >= 4 is 33.2 Å². The lowest BCUT2D eigenvalue weighted by Crippen LogP contribution is -2.14. The predicted molar refractivity (Wildman–Crippen MR) is 82.8 cm³/mol. The van der Waals surface area contributed by atoms with E-state index >= 15 is 0 Å². The summed E-state index contributed by atoms with van der Waals surface area (Å²) in [5, 5.41) is 5.92. The van der Waals surface area contributed by atoms with Gasteiger partial charge in [0.05, 0.1) is 5.56 Å². The van der Waals surface area contributed by atoms with Gasteiger partial charge in [-0.25, -0.2) is 0 Å². The molecule has 0 fully saturated rings. The molecule has 0 atom stereocenters. The Morgan fingerprint density at radius 1 is 1.16 bits per heavy atom. The molecule has 2 N–H and O–H groups in total. The average Bonchev–Trinajstić information content (AvgIpc) is 2.38. The van der Waals surface area contributed by atoms with Crippen molar-refractivity contribution in [2.45, 2.75) is 6.92 Å². The maximum absolute atomic E-state index is 12.3. The second-order valence-electron chi connectivity index (χ2n) is 4.26. The third-order valence-corrected chi connectivity index (χ3v) is 3.26. The molecule has 0 aliphatic carbocycles. The van der Waals surface area contributed by atoms with Crippen LogP contribution in [0.1, 0.15) is 15.9 Å². The number of halogens is 1. The molecule has 0 bridgehead atoms. The predicted octanol–water partition coefficient (Wildman–Crippen LogP) is 4.05. The first-order chi connectivity index (χ1) is 9.10. The molecule has 2 aromatic carbocycles. The zero-order chi connectivity index (χ0) is 13.8. The third kappa shape index (κ3) is 3.35. The van der Waals surface area contributed by atoms with Gasteiger partial charge >= 0.3 is 0 Å². The summed E-state index contributed by atoms with van der Waals surface area (Å²) in [7, 11) is 1.81. The number of carbonyl (C=O) groups is 1. The standard InChI is InChI=1S/C15H15BrN2O/c1-10-6-7-14(17-2)13(8-10)15(19)18-12-5-3-4-11(16)9-12/h3-9,17H,1-2H3,(H,18,19). The molecule has 2 rings (SSSR count). The van der Waals surface area contributed by atoms with Gasteiger partial charge in [0, 0.05) is 22.9 Å². The molecule has 1 amide bonds. The Balaban J connectivity index is 2.27. The monoisotopic (exact) mass is 318 g/mol. The number of rotatable bonds is 3. The van der Waals surface area contributed by atoms with Crippen LogP contribution in [0, 0.1) is 6.92 Å².